The number of methoxy groups -OCH3 is 1. The molecule has 2 aromatic heterocycles. The minimum Gasteiger partial charge on any atom is -0.493 e. The third kappa shape index (κ3) is 4.41. The van der Waals surface area contributed by atoms with Crippen LogP contribution in [0.3, 0.4) is 0 Å². The number of halogens is 1. The fourth-order valence-corrected chi connectivity index (χ4v) is 3.21. The minimum absolute atomic E-state index is 0.231. The van der Waals surface area contributed by atoms with Crippen molar-refractivity contribution in [1.82, 2.24) is 9.78 Å². The average Bonchev–Trinajstić information content (AvgIpc) is 3.45. The van der Waals surface area contributed by atoms with Crippen molar-refractivity contribution in [2.45, 2.75) is 6.92 Å². The summed E-state index contributed by atoms with van der Waals surface area (Å²) in [5.41, 5.74) is 2.18. The Morgan fingerprint density at radius 2 is 1.94 bits per heavy atom. The summed E-state index contributed by atoms with van der Waals surface area (Å²) in [6.45, 7) is 2.41. The molecule has 0 aliphatic carbocycles. The molecule has 8 heteroatoms. The van der Waals surface area contributed by atoms with Crippen LogP contribution in [0.25, 0.3) is 17.1 Å². The molecule has 0 unspecified atom stereocenters. The van der Waals surface area contributed by atoms with E-state index in [-0.39, 0.29) is 11.6 Å². The van der Waals surface area contributed by atoms with E-state index in [0.717, 1.165) is 5.69 Å². The lowest BCUT2D eigenvalue weighted by molar-refractivity contribution is 0.102. The lowest BCUT2D eigenvalue weighted by Gasteiger charge is -2.11. The molecule has 4 aromatic rings. The molecular formula is C23H20ClN3O4. The van der Waals surface area contributed by atoms with Crippen molar-refractivity contribution >= 4 is 23.2 Å². The van der Waals surface area contributed by atoms with E-state index in [1.54, 1.807) is 60.5 Å². The van der Waals surface area contributed by atoms with Gasteiger partial charge in [-0.2, -0.15) is 5.10 Å². The summed E-state index contributed by atoms with van der Waals surface area (Å²) in [6.07, 6.45) is 1.57. The second kappa shape index (κ2) is 8.97. The van der Waals surface area contributed by atoms with Crippen LogP contribution in [-0.2, 0) is 0 Å². The number of carbonyl (C=O) groups is 1. The Bertz CT molecular complexity index is 1180. The van der Waals surface area contributed by atoms with Crippen LogP contribution in [0.15, 0.2) is 71.3 Å². The Kier molecular flexibility index (Phi) is 5.95. The predicted molar refractivity (Wildman–Crippen MR) is 118 cm³/mol. The van der Waals surface area contributed by atoms with Gasteiger partial charge in [-0.3, -0.25) is 4.79 Å². The van der Waals surface area contributed by atoms with Crippen molar-refractivity contribution in [3.05, 3.63) is 77.6 Å². The van der Waals surface area contributed by atoms with Gasteiger partial charge in [-0.05, 0) is 55.5 Å². The van der Waals surface area contributed by atoms with Crippen LogP contribution in [0.2, 0.25) is 5.02 Å². The summed E-state index contributed by atoms with van der Waals surface area (Å²) in [4.78, 5) is 12.9. The van der Waals surface area contributed by atoms with E-state index in [0.29, 0.717) is 40.3 Å². The first-order valence-electron chi connectivity index (χ1n) is 9.61. The molecule has 7 nitrogen and oxygen atoms in total. The van der Waals surface area contributed by atoms with Crippen molar-refractivity contribution in [2.75, 3.05) is 19.0 Å². The smallest absolute Gasteiger partial charge is 0.276 e. The second-order valence-corrected chi connectivity index (χ2v) is 6.97. The zero-order chi connectivity index (χ0) is 21.8. The quantitative estimate of drug-likeness (QED) is 0.416. The largest absolute Gasteiger partial charge is 0.493 e. The number of anilines is 1. The zero-order valence-electron chi connectivity index (χ0n) is 17.0. The summed E-state index contributed by atoms with van der Waals surface area (Å²) in [5.74, 6) is 1.36. The molecular weight excluding hydrogens is 418 g/mol. The summed E-state index contributed by atoms with van der Waals surface area (Å²) >= 11 is 6.01. The predicted octanol–water partition coefficient (Wildman–Crippen LogP) is 5.45. The van der Waals surface area contributed by atoms with Crippen LogP contribution < -0.4 is 14.8 Å². The first-order chi connectivity index (χ1) is 15.1. The van der Waals surface area contributed by atoms with Crippen LogP contribution >= 0.6 is 11.6 Å². The first kappa shape index (κ1) is 20.6. The summed E-state index contributed by atoms with van der Waals surface area (Å²) in [6, 6.07) is 17.6. The molecule has 0 atom stereocenters. The van der Waals surface area contributed by atoms with E-state index in [2.05, 4.69) is 10.4 Å². The highest BCUT2D eigenvalue weighted by atomic mass is 35.5. The molecule has 2 aromatic carbocycles. The molecule has 31 heavy (non-hydrogen) atoms. The lowest BCUT2D eigenvalue weighted by atomic mass is 10.2. The van der Waals surface area contributed by atoms with Crippen LogP contribution in [0.5, 0.6) is 11.5 Å². The minimum atomic E-state index is -0.369. The zero-order valence-corrected chi connectivity index (χ0v) is 17.7. The summed E-state index contributed by atoms with van der Waals surface area (Å²) in [5, 5.41) is 7.95. The van der Waals surface area contributed by atoms with Crippen molar-refractivity contribution in [1.29, 1.82) is 0 Å². The van der Waals surface area contributed by atoms with Gasteiger partial charge in [-0.15, -0.1) is 0 Å². The van der Waals surface area contributed by atoms with Crippen molar-refractivity contribution in [3.63, 3.8) is 0 Å². The lowest BCUT2D eigenvalue weighted by Crippen LogP contribution is -2.13. The monoisotopic (exact) mass is 437 g/mol. The summed E-state index contributed by atoms with van der Waals surface area (Å²) in [7, 11) is 1.55. The SMILES string of the molecule is CCOc1ccc(NC(=O)c2cc(-c3ccco3)n(-c3ccc(Cl)cc3)n2)cc1OC. The number of carbonyl (C=O) groups excluding carboxylic acids is 1. The third-order valence-corrected chi connectivity index (χ3v) is 4.76. The Morgan fingerprint density at radius 1 is 1.13 bits per heavy atom. The number of nitrogens with zero attached hydrogens (tertiary/aromatic N) is 2. The highest BCUT2D eigenvalue weighted by Crippen LogP contribution is 2.31. The van der Waals surface area contributed by atoms with Gasteiger partial charge in [0.25, 0.3) is 5.91 Å². The molecule has 0 saturated heterocycles. The van der Waals surface area contributed by atoms with Gasteiger partial charge in [-0.25, -0.2) is 4.68 Å². The topological polar surface area (TPSA) is 78.5 Å². The number of hydrogen-bond donors (Lipinski definition) is 1. The fourth-order valence-electron chi connectivity index (χ4n) is 3.09. The molecule has 1 amide bonds. The Labute approximate surface area is 184 Å². The maximum atomic E-state index is 12.9. The molecule has 0 aliphatic rings. The van der Waals surface area contributed by atoms with E-state index >= 15 is 0 Å². The number of aromatic nitrogens is 2. The molecule has 0 aliphatic heterocycles. The van der Waals surface area contributed by atoms with Gasteiger partial charge >= 0.3 is 0 Å². The molecule has 4 rings (SSSR count). The maximum Gasteiger partial charge on any atom is 0.276 e. The standard InChI is InChI=1S/C23H20ClN3O4/c1-3-30-21-11-8-16(13-22(21)29-2)25-23(28)18-14-19(20-5-4-12-31-20)27(26-18)17-9-6-15(24)7-10-17/h4-14H,3H2,1-2H3,(H,25,28). The van der Waals surface area contributed by atoms with Gasteiger partial charge in [0, 0.05) is 22.8 Å². The van der Waals surface area contributed by atoms with Gasteiger partial charge in [0.1, 0.15) is 5.69 Å². The highest BCUT2D eigenvalue weighted by molar-refractivity contribution is 6.30. The Balaban J connectivity index is 1.66. The number of ether oxygens (including phenoxy) is 2. The molecule has 2 heterocycles. The van der Waals surface area contributed by atoms with E-state index in [1.807, 2.05) is 25.1 Å². The van der Waals surface area contributed by atoms with Crippen molar-refractivity contribution in [2.24, 2.45) is 0 Å². The van der Waals surface area contributed by atoms with Crippen LogP contribution in [0.4, 0.5) is 5.69 Å². The van der Waals surface area contributed by atoms with E-state index in [1.165, 1.54) is 0 Å². The van der Waals surface area contributed by atoms with Gasteiger partial charge in [-0.1, -0.05) is 11.6 Å². The van der Waals surface area contributed by atoms with Gasteiger partial charge < -0.3 is 19.2 Å². The average molecular weight is 438 g/mol. The normalized spacial score (nSPS) is 10.7. The molecule has 0 bridgehead atoms. The third-order valence-electron chi connectivity index (χ3n) is 4.51. The fraction of sp³-hybridized carbons (Fsp3) is 0.130. The van der Waals surface area contributed by atoms with Gasteiger partial charge in [0.05, 0.1) is 25.7 Å². The van der Waals surface area contributed by atoms with Crippen LogP contribution in [0.1, 0.15) is 17.4 Å². The van der Waals surface area contributed by atoms with E-state index < -0.39 is 0 Å². The van der Waals surface area contributed by atoms with E-state index in [4.69, 9.17) is 25.5 Å². The number of nitrogens with one attached hydrogen (secondary N) is 1. The molecule has 0 radical (unpaired) electrons. The van der Waals surface area contributed by atoms with Crippen molar-refractivity contribution in [3.8, 4) is 28.6 Å². The number of benzene rings is 2. The number of hydrogen-bond acceptors (Lipinski definition) is 5. The first-order valence-corrected chi connectivity index (χ1v) is 9.99. The molecule has 158 valence electrons. The maximum absolute atomic E-state index is 12.9. The number of amides is 1. The number of rotatable bonds is 7. The molecule has 0 spiro atoms. The van der Waals surface area contributed by atoms with E-state index in [9.17, 15) is 4.79 Å². The Hall–Kier alpha value is -3.71. The second-order valence-electron chi connectivity index (χ2n) is 6.53. The van der Waals surface area contributed by atoms with Gasteiger partial charge in [0.2, 0.25) is 0 Å². The number of furan rings is 1. The van der Waals surface area contributed by atoms with Crippen molar-refractivity contribution < 1.29 is 18.7 Å². The molecule has 0 saturated carbocycles. The van der Waals surface area contributed by atoms with Crippen LogP contribution in [0, 0.1) is 0 Å². The van der Waals surface area contributed by atoms with Crippen LogP contribution in [-0.4, -0.2) is 29.4 Å². The molecule has 0 fully saturated rings. The highest BCUT2D eigenvalue weighted by Gasteiger charge is 2.19. The molecule has 1 N–H and O–H groups in total. The summed E-state index contributed by atoms with van der Waals surface area (Å²) < 4.78 is 18.0. The van der Waals surface area contributed by atoms with Gasteiger partial charge in [0.15, 0.2) is 23.0 Å². The Morgan fingerprint density at radius 3 is 2.61 bits per heavy atom.